The molecule has 1 fully saturated rings. The maximum Gasteiger partial charge on any atom is 0.314 e. The Morgan fingerprint density at radius 1 is 1.41 bits per heavy atom. The number of halogens is 1. The van der Waals surface area contributed by atoms with Gasteiger partial charge in [-0.3, -0.25) is 4.79 Å². The fraction of sp³-hybridized carbons (Fsp3) is 0.500. The number of carbonyl (C=O) groups is 1. The molecule has 92 valence electrons. The number of hydrogen-bond acceptors (Lipinski definition) is 1. The van der Waals surface area contributed by atoms with Crippen molar-refractivity contribution in [3.8, 4) is 0 Å². The van der Waals surface area contributed by atoms with E-state index in [0.717, 1.165) is 12.0 Å². The molecule has 1 aliphatic rings. The SMILES string of the molecule is CC(C)c1ccc(F)c(C2(C(=O)O)CCC2)c1. The third-order valence-corrected chi connectivity index (χ3v) is 3.79. The molecular formula is C14H17FO2. The van der Waals surface area contributed by atoms with Crippen molar-refractivity contribution in [1.82, 2.24) is 0 Å². The average molecular weight is 236 g/mol. The fourth-order valence-corrected chi connectivity index (χ4v) is 2.40. The van der Waals surface area contributed by atoms with E-state index in [0.29, 0.717) is 18.4 Å². The Hall–Kier alpha value is -1.38. The molecule has 0 heterocycles. The summed E-state index contributed by atoms with van der Waals surface area (Å²) in [6, 6.07) is 4.86. The van der Waals surface area contributed by atoms with E-state index in [1.165, 1.54) is 6.07 Å². The van der Waals surface area contributed by atoms with Gasteiger partial charge >= 0.3 is 5.97 Å². The summed E-state index contributed by atoms with van der Waals surface area (Å²) in [5.74, 6) is -1.01. The number of aliphatic carboxylic acids is 1. The molecule has 1 aromatic rings. The topological polar surface area (TPSA) is 37.3 Å². The highest BCUT2D eigenvalue weighted by atomic mass is 19.1. The maximum atomic E-state index is 13.8. The van der Waals surface area contributed by atoms with Gasteiger partial charge in [-0.1, -0.05) is 32.4 Å². The van der Waals surface area contributed by atoms with Gasteiger partial charge < -0.3 is 5.11 Å². The van der Waals surface area contributed by atoms with Crippen LogP contribution in [0.2, 0.25) is 0 Å². The van der Waals surface area contributed by atoms with Crippen molar-refractivity contribution in [2.45, 2.75) is 44.4 Å². The minimum Gasteiger partial charge on any atom is -0.481 e. The highest BCUT2D eigenvalue weighted by molar-refractivity contribution is 5.82. The first-order valence-corrected chi connectivity index (χ1v) is 6.01. The van der Waals surface area contributed by atoms with Gasteiger partial charge in [0.05, 0.1) is 5.41 Å². The maximum absolute atomic E-state index is 13.8. The number of benzene rings is 1. The Morgan fingerprint density at radius 3 is 2.47 bits per heavy atom. The van der Waals surface area contributed by atoms with Crippen LogP contribution in [0.1, 0.15) is 50.2 Å². The molecule has 1 saturated carbocycles. The zero-order valence-electron chi connectivity index (χ0n) is 10.2. The molecule has 0 saturated heterocycles. The van der Waals surface area contributed by atoms with Gasteiger partial charge in [0.25, 0.3) is 0 Å². The monoisotopic (exact) mass is 236 g/mol. The second kappa shape index (κ2) is 4.13. The van der Waals surface area contributed by atoms with Crippen molar-refractivity contribution >= 4 is 5.97 Å². The largest absolute Gasteiger partial charge is 0.481 e. The Kier molecular flexibility index (Phi) is 2.94. The Morgan fingerprint density at radius 2 is 2.06 bits per heavy atom. The molecule has 0 aromatic heterocycles. The highest BCUT2D eigenvalue weighted by Crippen LogP contribution is 2.45. The molecule has 1 aliphatic carbocycles. The van der Waals surface area contributed by atoms with Crippen LogP contribution < -0.4 is 0 Å². The summed E-state index contributed by atoms with van der Waals surface area (Å²) < 4.78 is 13.8. The van der Waals surface area contributed by atoms with Crippen LogP contribution in [0, 0.1) is 5.82 Å². The molecule has 0 amide bonds. The van der Waals surface area contributed by atoms with Gasteiger partial charge in [-0.15, -0.1) is 0 Å². The van der Waals surface area contributed by atoms with Gasteiger partial charge in [0.2, 0.25) is 0 Å². The third-order valence-electron chi connectivity index (χ3n) is 3.79. The average Bonchev–Trinajstić information content (AvgIpc) is 2.18. The van der Waals surface area contributed by atoms with Crippen molar-refractivity contribution in [2.24, 2.45) is 0 Å². The van der Waals surface area contributed by atoms with Crippen LogP contribution in [0.15, 0.2) is 18.2 Å². The highest BCUT2D eigenvalue weighted by Gasteiger charge is 2.47. The zero-order chi connectivity index (χ0) is 12.6. The van der Waals surface area contributed by atoms with Crippen LogP contribution in [0.5, 0.6) is 0 Å². The van der Waals surface area contributed by atoms with Gasteiger partial charge in [-0.25, -0.2) is 4.39 Å². The lowest BCUT2D eigenvalue weighted by molar-refractivity contribution is -0.147. The normalized spacial score (nSPS) is 17.9. The summed E-state index contributed by atoms with van der Waals surface area (Å²) in [6.07, 6.45) is 1.94. The molecule has 1 aromatic carbocycles. The first-order valence-electron chi connectivity index (χ1n) is 6.01. The molecule has 0 aliphatic heterocycles. The second-order valence-corrected chi connectivity index (χ2v) is 5.13. The van der Waals surface area contributed by atoms with E-state index in [4.69, 9.17) is 0 Å². The Labute approximate surface area is 100 Å². The van der Waals surface area contributed by atoms with E-state index in [-0.39, 0.29) is 5.92 Å². The van der Waals surface area contributed by atoms with Crippen LogP contribution in [0.3, 0.4) is 0 Å². The Bertz CT molecular complexity index is 448. The molecule has 0 radical (unpaired) electrons. The molecule has 1 N–H and O–H groups in total. The van der Waals surface area contributed by atoms with Crippen LogP contribution in [-0.4, -0.2) is 11.1 Å². The predicted molar refractivity (Wildman–Crippen MR) is 63.7 cm³/mol. The van der Waals surface area contributed by atoms with Crippen LogP contribution in [-0.2, 0) is 10.2 Å². The summed E-state index contributed by atoms with van der Waals surface area (Å²) in [5.41, 5.74) is 0.381. The van der Waals surface area contributed by atoms with Gasteiger partial charge in [-0.05, 0) is 30.4 Å². The van der Waals surface area contributed by atoms with E-state index in [1.54, 1.807) is 12.1 Å². The molecule has 2 nitrogen and oxygen atoms in total. The lowest BCUT2D eigenvalue weighted by Gasteiger charge is -2.38. The number of hydrogen-bond donors (Lipinski definition) is 1. The molecule has 17 heavy (non-hydrogen) atoms. The molecular weight excluding hydrogens is 219 g/mol. The summed E-state index contributed by atoms with van der Waals surface area (Å²) >= 11 is 0. The van der Waals surface area contributed by atoms with E-state index in [1.807, 2.05) is 13.8 Å². The molecule has 0 bridgehead atoms. The molecule has 2 rings (SSSR count). The van der Waals surface area contributed by atoms with Crippen molar-refractivity contribution in [3.63, 3.8) is 0 Å². The first kappa shape index (κ1) is 12.1. The number of carboxylic acids is 1. The minimum atomic E-state index is -0.977. The van der Waals surface area contributed by atoms with Gasteiger partial charge in [0, 0.05) is 5.56 Å². The summed E-state index contributed by atoms with van der Waals surface area (Å²) in [7, 11) is 0. The summed E-state index contributed by atoms with van der Waals surface area (Å²) in [4.78, 5) is 11.4. The zero-order valence-corrected chi connectivity index (χ0v) is 10.2. The molecule has 3 heteroatoms. The predicted octanol–water partition coefficient (Wildman–Crippen LogP) is 3.46. The van der Waals surface area contributed by atoms with Gasteiger partial charge in [0.15, 0.2) is 0 Å². The van der Waals surface area contributed by atoms with Gasteiger partial charge in [0.1, 0.15) is 5.82 Å². The number of rotatable bonds is 3. The number of carboxylic acid groups (broad SMARTS) is 1. The van der Waals surface area contributed by atoms with Gasteiger partial charge in [-0.2, -0.15) is 0 Å². The van der Waals surface area contributed by atoms with E-state index >= 15 is 0 Å². The molecule has 0 unspecified atom stereocenters. The van der Waals surface area contributed by atoms with Crippen molar-refractivity contribution in [3.05, 3.63) is 35.1 Å². The Balaban J connectivity index is 2.50. The fourth-order valence-electron chi connectivity index (χ4n) is 2.40. The van der Waals surface area contributed by atoms with E-state index < -0.39 is 17.2 Å². The van der Waals surface area contributed by atoms with Crippen LogP contribution in [0.4, 0.5) is 4.39 Å². The summed E-state index contributed by atoms with van der Waals surface area (Å²) in [6.45, 7) is 4.04. The van der Waals surface area contributed by atoms with E-state index in [9.17, 15) is 14.3 Å². The van der Waals surface area contributed by atoms with Crippen LogP contribution >= 0.6 is 0 Å². The lowest BCUT2D eigenvalue weighted by Crippen LogP contribution is -2.43. The van der Waals surface area contributed by atoms with Crippen molar-refractivity contribution in [2.75, 3.05) is 0 Å². The second-order valence-electron chi connectivity index (χ2n) is 5.13. The van der Waals surface area contributed by atoms with Crippen molar-refractivity contribution < 1.29 is 14.3 Å². The lowest BCUT2D eigenvalue weighted by atomic mass is 9.64. The minimum absolute atomic E-state index is 0.278. The van der Waals surface area contributed by atoms with Crippen molar-refractivity contribution in [1.29, 1.82) is 0 Å². The quantitative estimate of drug-likeness (QED) is 0.872. The third kappa shape index (κ3) is 1.84. The summed E-state index contributed by atoms with van der Waals surface area (Å²) in [5, 5.41) is 9.32. The molecule has 0 atom stereocenters. The van der Waals surface area contributed by atoms with E-state index in [2.05, 4.69) is 0 Å². The van der Waals surface area contributed by atoms with Crippen LogP contribution in [0.25, 0.3) is 0 Å². The smallest absolute Gasteiger partial charge is 0.314 e. The molecule has 0 spiro atoms. The first-order chi connectivity index (χ1) is 7.97. The standard InChI is InChI=1S/C14H17FO2/c1-9(2)10-4-5-12(15)11(8-10)14(13(16)17)6-3-7-14/h4-5,8-9H,3,6-7H2,1-2H3,(H,16,17).